The van der Waals surface area contributed by atoms with E-state index in [0.717, 1.165) is 116 Å². The average Bonchev–Trinajstić information content (AvgIpc) is 1.54. The summed E-state index contributed by atoms with van der Waals surface area (Å²) in [6.45, 7) is 14.0. The number of para-hydroxylation sites is 6. The highest BCUT2D eigenvalue weighted by atomic mass is 16.3. The lowest BCUT2D eigenvalue weighted by Gasteiger charge is -2.32. The van der Waals surface area contributed by atoms with Gasteiger partial charge in [-0.05, 0) is 210 Å². The summed E-state index contributed by atoms with van der Waals surface area (Å²) in [5.41, 5.74) is 40.3. The van der Waals surface area contributed by atoms with Gasteiger partial charge >= 0.3 is 0 Å². The highest BCUT2D eigenvalue weighted by Crippen LogP contribution is 2.60. The zero-order chi connectivity index (χ0) is 92.2. The predicted molar refractivity (Wildman–Crippen MR) is 569 cm³/mol. The molecule has 25 aromatic rings. The van der Waals surface area contributed by atoms with Crippen molar-refractivity contribution in [2.24, 2.45) is 11.8 Å². The van der Waals surface area contributed by atoms with Crippen LogP contribution in [0.5, 0.6) is 0 Å². The molecule has 6 aliphatic rings. The van der Waals surface area contributed by atoms with E-state index in [1.807, 2.05) is 97.1 Å². The van der Waals surface area contributed by atoms with Crippen molar-refractivity contribution in [3.05, 3.63) is 445 Å². The lowest BCUT2D eigenvalue weighted by Crippen LogP contribution is -2.21. The third-order valence-electron chi connectivity index (χ3n) is 31.0. The summed E-state index contributed by atoms with van der Waals surface area (Å²) in [5, 5.41) is 14.3. The van der Waals surface area contributed by atoms with Crippen molar-refractivity contribution in [2.75, 3.05) is 0 Å². The molecular weight excluding hydrogens is 1700 g/mol. The molecule has 2 atom stereocenters. The van der Waals surface area contributed by atoms with E-state index in [9.17, 15) is 0 Å². The number of hydrogen-bond donors (Lipinski definition) is 0. The Bertz CT molecular complexity index is 9320. The van der Waals surface area contributed by atoms with Crippen molar-refractivity contribution in [1.29, 1.82) is 0 Å². The fraction of sp³-hybridized carbons (Fsp3) is 0.0859. The molecule has 656 valence electrons. The highest BCUT2D eigenvalue weighted by Gasteiger charge is 2.45. The molecule has 0 fully saturated rings. The Balaban J connectivity index is 0.000000100. The van der Waals surface area contributed by atoms with Gasteiger partial charge in [-0.15, -0.1) is 0 Å². The minimum Gasteiger partial charge on any atom is -0.456 e. The third kappa shape index (κ3) is 11.6. The van der Waals surface area contributed by atoms with Crippen molar-refractivity contribution in [3.8, 4) is 90.6 Å². The van der Waals surface area contributed by atoms with E-state index >= 15 is 0 Å². The first-order valence-corrected chi connectivity index (χ1v) is 48.1. The molecule has 0 bridgehead atoms. The van der Waals surface area contributed by atoms with Gasteiger partial charge in [-0.1, -0.05) is 321 Å². The first kappa shape index (κ1) is 79.0. The maximum Gasteiger partial charge on any atom is 0.238 e. The Morgan fingerprint density at radius 1 is 0.230 bits per heavy atom. The number of benzene rings is 17. The number of furan rings is 3. The Kier molecular flexibility index (Phi) is 16.7. The summed E-state index contributed by atoms with van der Waals surface area (Å²) in [4.78, 5) is 25.7. The van der Waals surface area contributed by atoms with Crippen LogP contribution in [0.15, 0.2) is 414 Å². The van der Waals surface area contributed by atoms with Gasteiger partial charge in [0.1, 0.15) is 33.5 Å². The van der Waals surface area contributed by atoms with Crippen LogP contribution >= 0.6 is 0 Å². The van der Waals surface area contributed by atoms with Gasteiger partial charge < -0.3 is 17.8 Å². The van der Waals surface area contributed by atoms with Crippen LogP contribution in [0.2, 0.25) is 0 Å². The number of fused-ring (bicyclic) bond motifs is 30. The number of nitrogens with zero attached hydrogens (tertiary/aromatic N) is 8. The van der Waals surface area contributed by atoms with Crippen molar-refractivity contribution >= 4 is 148 Å². The molecule has 17 aromatic carbocycles. The molecule has 8 aromatic heterocycles. The van der Waals surface area contributed by atoms with Crippen LogP contribution < -0.4 is 0 Å². The van der Waals surface area contributed by atoms with Gasteiger partial charge in [-0.2, -0.15) is 9.97 Å². The molecular formula is C128H86N8O3. The minimum absolute atomic E-state index is 0.158. The number of allylic oxidation sites excluding steroid dienone is 8. The van der Waals surface area contributed by atoms with Crippen molar-refractivity contribution in [2.45, 2.75) is 57.8 Å². The Morgan fingerprint density at radius 2 is 0.540 bits per heavy atom. The number of aromatic nitrogens is 8. The fourth-order valence-corrected chi connectivity index (χ4v) is 24.3. The summed E-state index contributed by atoms with van der Waals surface area (Å²) in [7, 11) is 0. The van der Waals surface area contributed by atoms with Crippen molar-refractivity contribution < 1.29 is 13.3 Å². The molecule has 0 saturated heterocycles. The molecule has 11 heteroatoms. The fourth-order valence-electron chi connectivity index (χ4n) is 24.3. The van der Waals surface area contributed by atoms with Gasteiger partial charge in [-0.25, -0.2) is 15.0 Å². The lowest BCUT2D eigenvalue weighted by atomic mass is 9.75. The van der Waals surface area contributed by atoms with Gasteiger partial charge in [0.15, 0.2) is 11.6 Å². The van der Waals surface area contributed by atoms with Gasteiger partial charge in [-0.3, -0.25) is 9.13 Å². The van der Waals surface area contributed by atoms with E-state index in [4.69, 9.17) is 38.2 Å². The summed E-state index contributed by atoms with van der Waals surface area (Å²) >= 11 is 0. The molecule has 31 rings (SSSR count). The van der Waals surface area contributed by atoms with Crippen LogP contribution in [0.25, 0.3) is 239 Å². The van der Waals surface area contributed by atoms with Crippen LogP contribution in [0.4, 0.5) is 0 Å². The largest absolute Gasteiger partial charge is 0.456 e. The molecule has 2 unspecified atom stereocenters. The SMILES string of the molecule is CC1(C)c2cc3oc4ccccc4c3cc2-c2cc3c4ccccc4n(-c4nc(-c5ccccc5)cc(-c5ccccc5)n4)c3cc21.CC1(C)c2cc3oc4ccccc4c3cc2-c2cc3c4ccccc4n(-c4nc(-c5ccccc5)nc(-c5ccccc5)n4)c3cc21.CC1(C)c2cc3oc4ccccc4c3cc2-c2cc3c4ccccc4n(C4=CC=C5c6ccccc6C6=CC=CC4C65)c3cc21. The molecule has 6 aliphatic carbocycles. The molecule has 11 nitrogen and oxygen atoms in total. The van der Waals surface area contributed by atoms with Gasteiger partial charge in [0.05, 0.1) is 44.5 Å². The molecule has 0 aliphatic heterocycles. The minimum atomic E-state index is -0.239. The van der Waals surface area contributed by atoms with Crippen molar-refractivity contribution in [1.82, 2.24) is 38.6 Å². The predicted octanol–water partition coefficient (Wildman–Crippen LogP) is 32.8. The second kappa shape index (κ2) is 29.3. The van der Waals surface area contributed by atoms with E-state index < -0.39 is 0 Å². The monoisotopic (exact) mass is 1780 g/mol. The second-order valence-corrected chi connectivity index (χ2v) is 39.6. The third-order valence-corrected chi connectivity index (χ3v) is 31.0. The molecule has 139 heavy (non-hydrogen) atoms. The summed E-state index contributed by atoms with van der Waals surface area (Å²) in [5.74, 6) is 3.17. The summed E-state index contributed by atoms with van der Waals surface area (Å²) < 4.78 is 26.1. The van der Waals surface area contributed by atoms with E-state index in [-0.39, 0.29) is 22.2 Å². The maximum atomic E-state index is 6.36. The standard InChI is InChI=1S/C43H29N3O.C43H29NO.C42H28N4O/c1-43(2)34-23-39-32(21-30(34)31-22-33-29-18-10-12-20-40(29)47-41(33)24-35(31)43)28-17-9-11-19-38(28)46(39)42-44-36(26-13-5-3-6-14-26)25-37(45-42)27-15-7-4-8-16-27;1-43(2)35-22-39-33(20-31(35)32-21-34-27-13-6-8-17-40(27)45-41(34)23-36(32)43)26-12-5-7-16-37(26)44(39)38-19-18-29-25-11-4-3-10-24(25)28-14-9-15-30(38)42(28)29;1-42(2)33-23-36-31(21-29(33)30-22-32-28-18-10-12-20-37(28)47-38(32)24-34(30)42)27-17-9-11-19-35(27)46(36)41-44-39(25-13-5-3-6-14-25)43-40(45-41)26-15-7-4-8-16-26/h3-25H,1-2H3;3-23,30,42H,1-2H3;3-24H,1-2H3. The van der Waals surface area contributed by atoms with E-state index in [1.54, 1.807) is 0 Å². The average molecular weight is 1780 g/mol. The summed E-state index contributed by atoms with van der Waals surface area (Å²) in [6, 6.07) is 132. The van der Waals surface area contributed by atoms with Crippen LogP contribution in [0.1, 0.15) is 86.1 Å². The number of rotatable bonds is 7. The Morgan fingerprint density at radius 3 is 0.935 bits per heavy atom. The molecule has 0 radical (unpaired) electrons. The van der Waals surface area contributed by atoms with Crippen LogP contribution in [0.3, 0.4) is 0 Å². The van der Waals surface area contributed by atoms with Gasteiger partial charge in [0, 0.05) is 121 Å². The normalized spacial score (nSPS) is 15.7. The van der Waals surface area contributed by atoms with E-state index in [1.165, 1.54) is 143 Å². The van der Waals surface area contributed by atoms with Crippen molar-refractivity contribution in [3.63, 3.8) is 0 Å². The van der Waals surface area contributed by atoms with Crippen LogP contribution in [-0.4, -0.2) is 38.6 Å². The smallest absolute Gasteiger partial charge is 0.238 e. The molecule has 0 N–H and O–H groups in total. The Hall–Kier alpha value is -17.4. The maximum absolute atomic E-state index is 6.36. The first-order chi connectivity index (χ1) is 68.2. The van der Waals surface area contributed by atoms with Crippen LogP contribution in [0, 0.1) is 11.8 Å². The quantitative estimate of drug-likeness (QED) is 0.155. The van der Waals surface area contributed by atoms with E-state index in [0.29, 0.717) is 29.5 Å². The molecule has 0 amide bonds. The first-order valence-electron chi connectivity index (χ1n) is 48.1. The second-order valence-electron chi connectivity index (χ2n) is 39.6. The highest BCUT2D eigenvalue weighted by molar-refractivity contribution is 6.18. The van der Waals surface area contributed by atoms with Crippen LogP contribution in [-0.2, 0) is 16.2 Å². The van der Waals surface area contributed by atoms with Gasteiger partial charge in [0.2, 0.25) is 11.9 Å². The topological polar surface area (TPSA) is 119 Å². The van der Waals surface area contributed by atoms with E-state index in [2.05, 4.69) is 359 Å². The van der Waals surface area contributed by atoms with Gasteiger partial charge in [0.25, 0.3) is 0 Å². The summed E-state index contributed by atoms with van der Waals surface area (Å²) in [6.07, 6.45) is 11.8. The zero-order valence-corrected chi connectivity index (χ0v) is 77.1. The Labute approximate surface area is 799 Å². The molecule has 0 saturated carbocycles. The lowest BCUT2D eigenvalue weighted by molar-refractivity contribution is 0.647. The molecule has 0 spiro atoms. The number of hydrogen-bond acceptors (Lipinski definition) is 8. The zero-order valence-electron chi connectivity index (χ0n) is 77.1. The molecule has 8 heterocycles.